The van der Waals surface area contributed by atoms with Crippen LogP contribution in [0, 0.1) is 0 Å². The van der Waals surface area contributed by atoms with E-state index < -0.39 is 0 Å². The first-order chi connectivity index (χ1) is 6.25. The molecule has 2 rings (SSSR count). The van der Waals surface area contributed by atoms with Crippen LogP contribution in [0.25, 0.3) is 5.57 Å². The molecule has 1 amide bonds. The molecule has 0 saturated carbocycles. The van der Waals surface area contributed by atoms with Crippen LogP contribution >= 0.6 is 11.6 Å². The standard InChI is InChI=1S/C10H8ClNO/c11-9-3-1-2-7(4-9)8-5-10(13)12-6-8/h1-4,6H,5H2,(H,12,13). The topological polar surface area (TPSA) is 29.1 Å². The number of carbonyl (C=O) groups excluding carboxylic acids is 1. The van der Waals surface area contributed by atoms with E-state index in [2.05, 4.69) is 5.32 Å². The average molecular weight is 194 g/mol. The molecule has 13 heavy (non-hydrogen) atoms. The molecule has 0 aliphatic carbocycles. The lowest BCUT2D eigenvalue weighted by Crippen LogP contribution is -2.08. The summed E-state index contributed by atoms with van der Waals surface area (Å²) >= 11 is 5.83. The number of halogens is 1. The van der Waals surface area contributed by atoms with E-state index in [0.29, 0.717) is 11.4 Å². The van der Waals surface area contributed by atoms with E-state index in [1.54, 1.807) is 6.20 Å². The summed E-state index contributed by atoms with van der Waals surface area (Å²) in [5.74, 6) is 0.0370. The predicted molar refractivity (Wildman–Crippen MR) is 52.2 cm³/mol. The molecule has 66 valence electrons. The zero-order valence-electron chi connectivity index (χ0n) is 6.88. The normalized spacial score (nSPS) is 15.5. The fourth-order valence-corrected chi connectivity index (χ4v) is 1.51. The molecule has 0 unspecified atom stereocenters. The van der Waals surface area contributed by atoms with Crippen molar-refractivity contribution >= 4 is 23.1 Å². The molecule has 1 aliphatic heterocycles. The largest absolute Gasteiger partial charge is 0.332 e. The van der Waals surface area contributed by atoms with Crippen molar-refractivity contribution in [1.29, 1.82) is 0 Å². The minimum Gasteiger partial charge on any atom is -0.332 e. The molecular formula is C10H8ClNO. The molecule has 1 aliphatic rings. The van der Waals surface area contributed by atoms with Crippen LogP contribution in [0.2, 0.25) is 5.02 Å². The van der Waals surface area contributed by atoms with Crippen LogP contribution in [0.1, 0.15) is 12.0 Å². The van der Waals surface area contributed by atoms with Crippen molar-refractivity contribution in [2.45, 2.75) is 6.42 Å². The summed E-state index contributed by atoms with van der Waals surface area (Å²) in [5, 5.41) is 3.34. The molecule has 1 aromatic carbocycles. The molecule has 0 aromatic heterocycles. The van der Waals surface area contributed by atoms with Crippen molar-refractivity contribution in [3.05, 3.63) is 41.1 Å². The molecule has 0 spiro atoms. The first-order valence-electron chi connectivity index (χ1n) is 4.00. The Bertz CT molecular complexity index is 384. The zero-order chi connectivity index (χ0) is 9.26. The van der Waals surface area contributed by atoms with Crippen LogP contribution in [0.3, 0.4) is 0 Å². The summed E-state index contributed by atoms with van der Waals surface area (Å²) in [6.45, 7) is 0. The monoisotopic (exact) mass is 193 g/mol. The van der Waals surface area contributed by atoms with Crippen molar-refractivity contribution < 1.29 is 4.79 Å². The van der Waals surface area contributed by atoms with Crippen LogP contribution in [0.15, 0.2) is 30.5 Å². The summed E-state index contributed by atoms with van der Waals surface area (Å²) in [6, 6.07) is 7.49. The lowest BCUT2D eigenvalue weighted by molar-refractivity contribution is -0.118. The fourth-order valence-electron chi connectivity index (χ4n) is 1.32. The highest BCUT2D eigenvalue weighted by molar-refractivity contribution is 6.30. The van der Waals surface area contributed by atoms with E-state index >= 15 is 0 Å². The molecule has 1 N–H and O–H groups in total. The Labute approximate surface area is 81.2 Å². The zero-order valence-corrected chi connectivity index (χ0v) is 7.64. The van der Waals surface area contributed by atoms with Gasteiger partial charge in [0.2, 0.25) is 5.91 Å². The molecule has 0 radical (unpaired) electrons. The highest BCUT2D eigenvalue weighted by Crippen LogP contribution is 2.23. The number of hydrogen-bond acceptors (Lipinski definition) is 1. The molecule has 2 nitrogen and oxygen atoms in total. The Kier molecular flexibility index (Phi) is 2.07. The van der Waals surface area contributed by atoms with E-state index in [0.717, 1.165) is 11.1 Å². The minimum absolute atomic E-state index is 0.0370. The summed E-state index contributed by atoms with van der Waals surface area (Å²) in [5.41, 5.74) is 2.00. The summed E-state index contributed by atoms with van der Waals surface area (Å²) in [6.07, 6.45) is 2.17. The van der Waals surface area contributed by atoms with Crippen LogP contribution < -0.4 is 5.32 Å². The lowest BCUT2D eigenvalue weighted by Gasteiger charge is -1.99. The van der Waals surface area contributed by atoms with E-state index in [-0.39, 0.29) is 5.91 Å². The second kappa shape index (κ2) is 3.23. The lowest BCUT2D eigenvalue weighted by atomic mass is 10.1. The maximum absolute atomic E-state index is 10.9. The maximum Gasteiger partial charge on any atom is 0.228 e. The van der Waals surface area contributed by atoms with Crippen LogP contribution in [-0.2, 0) is 4.79 Å². The molecule has 0 bridgehead atoms. The molecule has 3 heteroatoms. The Morgan fingerprint density at radius 3 is 2.85 bits per heavy atom. The molecule has 0 atom stereocenters. The van der Waals surface area contributed by atoms with Gasteiger partial charge in [-0.15, -0.1) is 0 Å². The van der Waals surface area contributed by atoms with Crippen LogP contribution in [0.4, 0.5) is 0 Å². The highest BCUT2D eigenvalue weighted by atomic mass is 35.5. The number of hydrogen-bond donors (Lipinski definition) is 1. The number of amides is 1. The van der Waals surface area contributed by atoms with Crippen molar-refractivity contribution in [1.82, 2.24) is 5.32 Å². The molecule has 0 fully saturated rings. The van der Waals surface area contributed by atoms with Crippen molar-refractivity contribution in [2.75, 3.05) is 0 Å². The van der Waals surface area contributed by atoms with Gasteiger partial charge in [-0.25, -0.2) is 0 Å². The molecular weight excluding hydrogens is 186 g/mol. The number of carbonyl (C=O) groups is 1. The van der Waals surface area contributed by atoms with Crippen molar-refractivity contribution in [3.63, 3.8) is 0 Å². The third-order valence-electron chi connectivity index (χ3n) is 1.95. The third-order valence-corrected chi connectivity index (χ3v) is 2.19. The van der Waals surface area contributed by atoms with E-state index in [1.807, 2.05) is 24.3 Å². The van der Waals surface area contributed by atoms with Gasteiger partial charge in [0.05, 0.1) is 6.42 Å². The predicted octanol–water partition coefficient (Wildman–Crippen LogP) is 2.20. The molecule has 1 aromatic rings. The second-order valence-corrected chi connectivity index (χ2v) is 3.36. The Hall–Kier alpha value is -1.28. The number of rotatable bonds is 1. The maximum atomic E-state index is 10.9. The average Bonchev–Trinajstić information content (AvgIpc) is 2.52. The van der Waals surface area contributed by atoms with Crippen molar-refractivity contribution in [3.8, 4) is 0 Å². The van der Waals surface area contributed by atoms with Gasteiger partial charge in [0.25, 0.3) is 0 Å². The SMILES string of the molecule is O=C1CC(c2cccc(Cl)c2)=CN1. The highest BCUT2D eigenvalue weighted by Gasteiger charge is 2.13. The number of benzene rings is 1. The van der Waals surface area contributed by atoms with Crippen LogP contribution in [0.5, 0.6) is 0 Å². The summed E-state index contributed by atoms with van der Waals surface area (Å²) in [4.78, 5) is 10.9. The minimum atomic E-state index is 0.0370. The van der Waals surface area contributed by atoms with E-state index in [9.17, 15) is 4.79 Å². The fraction of sp³-hybridized carbons (Fsp3) is 0.100. The third kappa shape index (κ3) is 1.73. The van der Waals surface area contributed by atoms with E-state index in [4.69, 9.17) is 11.6 Å². The van der Waals surface area contributed by atoms with Gasteiger partial charge in [-0.05, 0) is 23.3 Å². The Balaban J connectivity index is 2.31. The Morgan fingerprint density at radius 2 is 2.23 bits per heavy atom. The number of nitrogens with one attached hydrogen (secondary N) is 1. The molecule has 1 heterocycles. The van der Waals surface area contributed by atoms with Gasteiger partial charge in [-0.1, -0.05) is 23.7 Å². The summed E-state index contributed by atoms with van der Waals surface area (Å²) < 4.78 is 0. The smallest absolute Gasteiger partial charge is 0.228 e. The second-order valence-electron chi connectivity index (χ2n) is 2.92. The van der Waals surface area contributed by atoms with Gasteiger partial charge in [-0.2, -0.15) is 0 Å². The quantitative estimate of drug-likeness (QED) is 0.728. The van der Waals surface area contributed by atoms with Crippen LogP contribution in [-0.4, -0.2) is 5.91 Å². The van der Waals surface area contributed by atoms with Gasteiger partial charge in [-0.3, -0.25) is 4.79 Å². The Morgan fingerprint density at radius 1 is 1.38 bits per heavy atom. The van der Waals surface area contributed by atoms with Gasteiger partial charge >= 0.3 is 0 Å². The summed E-state index contributed by atoms with van der Waals surface area (Å²) in [7, 11) is 0. The van der Waals surface area contributed by atoms with Gasteiger partial charge in [0, 0.05) is 11.2 Å². The van der Waals surface area contributed by atoms with Gasteiger partial charge < -0.3 is 5.32 Å². The molecule has 0 saturated heterocycles. The van der Waals surface area contributed by atoms with Crippen molar-refractivity contribution in [2.24, 2.45) is 0 Å². The van der Waals surface area contributed by atoms with Gasteiger partial charge in [0.15, 0.2) is 0 Å². The first kappa shape index (κ1) is 8.32. The van der Waals surface area contributed by atoms with Gasteiger partial charge in [0.1, 0.15) is 0 Å². The first-order valence-corrected chi connectivity index (χ1v) is 4.38. The van der Waals surface area contributed by atoms with E-state index in [1.165, 1.54) is 0 Å².